The van der Waals surface area contributed by atoms with Crippen molar-refractivity contribution in [1.82, 2.24) is 29.5 Å². The second-order valence-corrected chi connectivity index (χ2v) is 10.1. The summed E-state index contributed by atoms with van der Waals surface area (Å²) in [4.78, 5) is 41.1. The number of imidazole rings is 1. The molecule has 1 fully saturated rings. The molecule has 10 nitrogen and oxygen atoms in total. The molecule has 2 aliphatic rings. The van der Waals surface area contributed by atoms with Gasteiger partial charge in [-0.05, 0) is 47.4 Å². The molecule has 38 heavy (non-hydrogen) atoms. The molecule has 2 aliphatic heterocycles. The Kier molecular flexibility index (Phi) is 6.22. The first-order chi connectivity index (χ1) is 18.4. The van der Waals surface area contributed by atoms with Crippen LogP contribution in [0.1, 0.15) is 23.1 Å². The molecule has 1 saturated heterocycles. The van der Waals surface area contributed by atoms with E-state index in [0.717, 1.165) is 33.7 Å². The predicted molar refractivity (Wildman–Crippen MR) is 143 cm³/mol. The maximum absolute atomic E-state index is 13.8. The molecule has 2 amide bonds. The number of H-pyrrole nitrogens is 1. The summed E-state index contributed by atoms with van der Waals surface area (Å²) in [6, 6.07) is 12.5. The molecule has 10 heteroatoms. The normalized spacial score (nSPS) is 17.6. The number of phenols is 1. The molecule has 1 unspecified atom stereocenters. The first-order valence-corrected chi connectivity index (χ1v) is 13.0. The number of aromatic nitrogens is 4. The van der Waals surface area contributed by atoms with E-state index in [9.17, 15) is 14.7 Å². The highest BCUT2D eigenvalue weighted by molar-refractivity contribution is 5.89. The number of rotatable bonds is 5. The lowest BCUT2D eigenvalue weighted by molar-refractivity contribution is -0.147. The maximum Gasteiger partial charge on any atom is 0.245 e. The van der Waals surface area contributed by atoms with Crippen LogP contribution in [-0.2, 0) is 36.0 Å². The number of nitrogens with zero attached hydrogens (tertiary/aromatic N) is 6. The first kappa shape index (κ1) is 24.0. The number of aromatic amines is 1. The highest BCUT2D eigenvalue weighted by atomic mass is 16.3. The Morgan fingerprint density at radius 3 is 2.66 bits per heavy atom. The van der Waals surface area contributed by atoms with Crippen molar-refractivity contribution < 1.29 is 14.7 Å². The van der Waals surface area contributed by atoms with Crippen LogP contribution in [0.25, 0.3) is 11.0 Å². The predicted octanol–water partition coefficient (Wildman–Crippen LogP) is 2.24. The van der Waals surface area contributed by atoms with Crippen LogP contribution in [0.5, 0.6) is 5.75 Å². The fraction of sp³-hybridized carbons (Fsp3) is 0.357. The molecule has 0 aliphatic carbocycles. The van der Waals surface area contributed by atoms with Crippen LogP contribution in [0, 0.1) is 0 Å². The largest absolute Gasteiger partial charge is 0.508 e. The van der Waals surface area contributed by atoms with Gasteiger partial charge in [-0.2, -0.15) is 5.10 Å². The third-order valence-corrected chi connectivity index (χ3v) is 7.58. The fourth-order valence-electron chi connectivity index (χ4n) is 5.49. The summed E-state index contributed by atoms with van der Waals surface area (Å²) in [5.74, 6) is 0.892. The summed E-state index contributed by atoms with van der Waals surface area (Å²) in [5.41, 5.74) is 4.79. The van der Waals surface area contributed by atoms with Crippen LogP contribution in [0.2, 0.25) is 0 Å². The lowest BCUT2D eigenvalue weighted by Crippen LogP contribution is -2.57. The lowest BCUT2D eigenvalue weighted by atomic mass is 9.92. The number of benzene rings is 2. The lowest BCUT2D eigenvalue weighted by Gasteiger charge is -2.41. The molecule has 2 N–H and O–H groups in total. The highest BCUT2D eigenvalue weighted by Gasteiger charge is 2.38. The average Bonchev–Trinajstić information content (AvgIpc) is 3.56. The molecule has 196 valence electrons. The number of carbonyl (C=O) groups is 2. The minimum atomic E-state index is -0.594. The van der Waals surface area contributed by atoms with Crippen LogP contribution < -0.4 is 4.90 Å². The summed E-state index contributed by atoms with van der Waals surface area (Å²) in [6.45, 7) is 2.78. The van der Waals surface area contributed by atoms with E-state index in [2.05, 4.69) is 15.0 Å². The Bertz CT molecular complexity index is 1450. The molecule has 4 heterocycles. The molecule has 0 radical (unpaired) electrons. The molecule has 0 bridgehead atoms. The fourth-order valence-corrected chi connectivity index (χ4v) is 5.49. The Morgan fingerprint density at radius 2 is 1.89 bits per heavy atom. The van der Waals surface area contributed by atoms with E-state index >= 15 is 0 Å². The second-order valence-electron chi connectivity index (χ2n) is 10.1. The molecule has 2 aromatic heterocycles. The van der Waals surface area contributed by atoms with Crippen LogP contribution in [0.3, 0.4) is 0 Å². The first-order valence-electron chi connectivity index (χ1n) is 13.0. The van der Waals surface area contributed by atoms with Crippen molar-refractivity contribution >= 4 is 28.8 Å². The zero-order chi connectivity index (χ0) is 26.2. The van der Waals surface area contributed by atoms with Crippen molar-refractivity contribution in [3.05, 3.63) is 71.5 Å². The summed E-state index contributed by atoms with van der Waals surface area (Å²) in [5, 5.41) is 14.2. The van der Waals surface area contributed by atoms with Crippen LogP contribution in [-0.4, -0.2) is 78.7 Å². The smallest absolute Gasteiger partial charge is 0.245 e. The van der Waals surface area contributed by atoms with Gasteiger partial charge in [0.15, 0.2) is 0 Å². The number of fused-ring (bicyclic) bond motifs is 2. The van der Waals surface area contributed by atoms with Crippen molar-refractivity contribution in [3.63, 3.8) is 0 Å². The van der Waals surface area contributed by atoms with E-state index in [0.29, 0.717) is 52.0 Å². The van der Waals surface area contributed by atoms with Gasteiger partial charge in [-0.3, -0.25) is 14.3 Å². The Hall–Kier alpha value is -4.34. The van der Waals surface area contributed by atoms with Gasteiger partial charge < -0.3 is 24.8 Å². The van der Waals surface area contributed by atoms with Crippen molar-refractivity contribution in [2.24, 2.45) is 7.05 Å². The van der Waals surface area contributed by atoms with Gasteiger partial charge in [-0.15, -0.1) is 0 Å². The standard InChI is InChI=1S/C28H31N7O3/c1-32-17-19(16-29-32)6-9-26(37)35-18-20-7-8-22(36)14-21(20)15-25(35)27(38)33-10-12-34(13-11-33)28-30-23-4-2-3-5-24(23)31-28/h2-5,7-8,14,16-17,25,36H,6,9-13,15,18H2,1H3,(H,30,31). The van der Waals surface area contributed by atoms with Crippen molar-refractivity contribution in [2.45, 2.75) is 31.8 Å². The van der Waals surface area contributed by atoms with Gasteiger partial charge in [0.05, 0.1) is 17.2 Å². The monoisotopic (exact) mass is 513 g/mol. The number of hydrogen-bond acceptors (Lipinski definition) is 6. The summed E-state index contributed by atoms with van der Waals surface area (Å²) in [6.07, 6.45) is 4.95. The van der Waals surface area contributed by atoms with Crippen LogP contribution in [0.4, 0.5) is 5.95 Å². The van der Waals surface area contributed by atoms with Gasteiger partial charge in [-0.1, -0.05) is 18.2 Å². The average molecular weight is 514 g/mol. The molecule has 0 saturated carbocycles. The quantitative estimate of drug-likeness (QED) is 0.424. The number of anilines is 1. The second kappa shape index (κ2) is 9.85. The third-order valence-electron chi connectivity index (χ3n) is 7.58. The van der Waals surface area contributed by atoms with E-state index in [1.165, 1.54) is 0 Å². The Morgan fingerprint density at radius 1 is 1.08 bits per heavy atom. The number of nitrogens with one attached hydrogen (secondary N) is 1. The van der Waals surface area contributed by atoms with E-state index in [4.69, 9.17) is 4.98 Å². The number of amides is 2. The topological polar surface area (TPSA) is 111 Å². The molecule has 6 rings (SSSR count). The number of piperazine rings is 1. The van der Waals surface area contributed by atoms with E-state index in [1.54, 1.807) is 27.9 Å². The number of phenolic OH excluding ortho intramolecular Hbond substituents is 1. The Labute approximate surface area is 220 Å². The summed E-state index contributed by atoms with van der Waals surface area (Å²) < 4.78 is 1.72. The number of aryl methyl sites for hydroxylation is 2. The SMILES string of the molecule is Cn1cc(CCC(=O)N2Cc3ccc(O)cc3CC2C(=O)N2CCN(c3nc4ccccc4[nH]3)CC2)cn1. The maximum atomic E-state index is 13.8. The summed E-state index contributed by atoms with van der Waals surface area (Å²) in [7, 11) is 1.85. The zero-order valence-electron chi connectivity index (χ0n) is 21.4. The Balaban J connectivity index is 1.17. The number of carbonyl (C=O) groups excluding carboxylic acids is 2. The highest BCUT2D eigenvalue weighted by Crippen LogP contribution is 2.29. The van der Waals surface area contributed by atoms with Gasteiger partial charge >= 0.3 is 0 Å². The van der Waals surface area contributed by atoms with Gasteiger partial charge in [0, 0.05) is 58.8 Å². The van der Waals surface area contributed by atoms with Gasteiger partial charge in [0.25, 0.3) is 0 Å². The molecule has 4 aromatic rings. The van der Waals surface area contributed by atoms with Gasteiger partial charge in [0.1, 0.15) is 11.8 Å². The minimum absolute atomic E-state index is 0.0435. The van der Waals surface area contributed by atoms with Gasteiger partial charge in [0.2, 0.25) is 17.8 Å². The van der Waals surface area contributed by atoms with Crippen molar-refractivity contribution in [1.29, 1.82) is 0 Å². The van der Waals surface area contributed by atoms with Crippen LogP contribution in [0.15, 0.2) is 54.9 Å². The number of hydrogen-bond donors (Lipinski definition) is 2. The van der Waals surface area contributed by atoms with Crippen LogP contribution >= 0.6 is 0 Å². The molecular formula is C28H31N7O3. The molecule has 2 aromatic carbocycles. The molecular weight excluding hydrogens is 482 g/mol. The zero-order valence-corrected chi connectivity index (χ0v) is 21.4. The number of aromatic hydroxyl groups is 1. The molecule has 1 atom stereocenters. The summed E-state index contributed by atoms with van der Waals surface area (Å²) >= 11 is 0. The van der Waals surface area contributed by atoms with Crippen molar-refractivity contribution in [3.8, 4) is 5.75 Å². The number of para-hydroxylation sites is 2. The van der Waals surface area contributed by atoms with E-state index < -0.39 is 6.04 Å². The van der Waals surface area contributed by atoms with E-state index in [-0.39, 0.29) is 17.6 Å². The third kappa shape index (κ3) is 4.69. The van der Waals surface area contributed by atoms with Gasteiger partial charge in [-0.25, -0.2) is 4.98 Å². The van der Waals surface area contributed by atoms with Crippen molar-refractivity contribution in [2.75, 3.05) is 31.1 Å². The van der Waals surface area contributed by atoms with E-state index in [1.807, 2.05) is 48.5 Å². The minimum Gasteiger partial charge on any atom is -0.508 e. The molecule has 0 spiro atoms.